The number of halogens is 1. The van der Waals surface area contributed by atoms with Gasteiger partial charge in [-0.1, -0.05) is 11.2 Å². The van der Waals surface area contributed by atoms with E-state index in [-0.39, 0.29) is 42.5 Å². The van der Waals surface area contributed by atoms with Crippen LogP contribution in [0.4, 0.5) is 4.39 Å². The minimum absolute atomic E-state index is 0.0695. The molecule has 1 aromatic carbocycles. The first-order valence-electron chi connectivity index (χ1n) is 12.2. The Labute approximate surface area is 214 Å². The van der Waals surface area contributed by atoms with Crippen molar-refractivity contribution < 1.29 is 28.8 Å². The number of piperidine rings is 1. The lowest BCUT2D eigenvalue weighted by molar-refractivity contribution is -0.168. The minimum atomic E-state index is -0.478. The summed E-state index contributed by atoms with van der Waals surface area (Å²) < 4.78 is 18.6. The van der Waals surface area contributed by atoms with E-state index in [0.29, 0.717) is 42.2 Å². The smallest absolute Gasteiger partial charge is 0.270 e. The number of aromatic nitrogens is 2. The van der Waals surface area contributed by atoms with Crippen molar-refractivity contribution in [3.63, 3.8) is 0 Å². The third kappa shape index (κ3) is 6.20. The molecule has 198 valence electrons. The fourth-order valence-corrected chi connectivity index (χ4v) is 4.53. The molecule has 3 N–H and O–H groups in total. The molecule has 0 bridgehead atoms. The van der Waals surface area contributed by atoms with Crippen LogP contribution in [0.2, 0.25) is 0 Å². The maximum Gasteiger partial charge on any atom is 0.270 e. The molecule has 2 aliphatic rings. The molecule has 0 radical (unpaired) electrons. The average molecular weight is 515 g/mol. The zero-order valence-electron chi connectivity index (χ0n) is 21.0. The fraction of sp³-hybridized carbons (Fsp3) is 0.480. The highest BCUT2D eigenvalue weighted by molar-refractivity contribution is 6.02. The van der Waals surface area contributed by atoms with Crippen LogP contribution in [-0.4, -0.2) is 70.1 Å². The summed E-state index contributed by atoms with van der Waals surface area (Å²) in [6, 6.07) is 5.47. The van der Waals surface area contributed by atoms with Crippen LogP contribution in [-0.2, 0) is 16.2 Å². The standard InChI is InChI=1S/C25H31FN6O5/c1-4-32(35)25(34)21-10-16(7-8-27-21)22-12-19(31-37-22)18-11-20(30-14(2)29-18)24(33)28-13-15-5-6-17(26)23(9-15)36-3/h5-6,9,11,16,21-22,27,35H,4,7-8,10,12-13H2,1-3H3,(H,28,33). The molecule has 0 aliphatic carbocycles. The molecule has 2 aromatic rings. The van der Waals surface area contributed by atoms with Crippen LogP contribution in [0.3, 0.4) is 0 Å². The highest BCUT2D eigenvalue weighted by atomic mass is 19.1. The van der Waals surface area contributed by atoms with Crippen molar-refractivity contribution in [1.29, 1.82) is 0 Å². The van der Waals surface area contributed by atoms with Crippen molar-refractivity contribution in [3.05, 3.63) is 52.9 Å². The minimum Gasteiger partial charge on any atom is -0.494 e. The van der Waals surface area contributed by atoms with Gasteiger partial charge in [0, 0.05) is 25.4 Å². The number of ether oxygens (including phenoxy) is 1. The van der Waals surface area contributed by atoms with Gasteiger partial charge in [-0.15, -0.1) is 0 Å². The predicted molar refractivity (Wildman–Crippen MR) is 131 cm³/mol. The fourth-order valence-electron chi connectivity index (χ4n) is 4.53. The molecule has 1 aromatic heterocycles. The molecule has 1 fully saturated rings. The highest BCUT2D eigenvalue weighted by Gasteiger charge is 2.37. The lowest BCUT2D eigenvalue weighted by atomic mass is 9.85. The topological polar surface area (TPSA) is 138 Å². The second-order valence-corrected chi connectivity index (χ2v) is 9.07. The summed E-state index contributed by atoms with van der Waals surface area (Å²) in [6.45, 7) is 4.41. The van der Waals surface area contributed by atoms with Gasteiger partial charge in [0.05, 0.1) is 18.8 Å². The van der Waals surface area contributed by atoms with Gasteiger partial charge in [0.25, 0.3) is 11.8 Å². The number of amides is 2. The summed E-state index contributed by atoms with van der Waals surface area (Å²) in [5.41, 5.74) is 1.96. The monoisotopic (exact) mass is 514 g/mol. The number of nitrogens with zero attached hydrogens (tertiary/aromatic N) is 4. The average Bonchev–Trinajstić information content (AvgIpc) is 3.42. The quantitative estimate of drug-likeness (QED) is 0.359. The van der Waals surface area contributed by atoms with E-state index in [1.165, 1.54) is 19.2 Å². The van der Waals surface area contributed by atoms with E-state index in [4.69, 9.17) is 9.57 Å². The van der Waals surface area contributed by atoms with E-state index >= 15 is 0 Å². The Kier molecular flexibility index (Phi) is 8.29. The Balaban J connectivity index is 1.39. The first kappa shape index (κ1) is 26.4. The number of benzene rings is 1. The molecule has 1 saturated heterocycles. The molecule has 37 heavy (non-hydrogen) atoms. The summed E-state index contributed by atoms with van der Waals surface area (Å²) in [7, 11) is 1.38. The van der Waals surface area contributed by atoms with E-state index in [1.54, 1.807) is 26.0 Å². The maximum absolute atomic E-state index is 13.6. The van der Waals surface area contributed by atoms with Gasteiger partial charge < -0.3 is 20.2 Å². The summed E-state index contributed by atoms with van der Waals surface area (Å²) in [5.74, 6) is -0.658. The largest absolute Gasteiger partial charge is 0.494 e. The lowest BCUT2D eigenvalue weighted by Gasteiger charge is -2.32. The molecule has 3 heterocycles. The third-order valence-corrected chi connectivity index (χ3v) is 6.55. The van der Waals surface area contributed by atoms with Crippen molar-refractivity contribution in [1.82, 2.24) is 25.7 Å². The maximum atomic E-state index is 13.6. The van der Waals surface area contributed by atoms with Gasteiger partial charge in [0.15, 0.2) is 11.6 Å². The molecule has 3 atom stereocenters. The van der Waals surface area contributed by atoms with Crippen LogP contribution in [0.1, 0.15) is 53.8 Å². The highest BCUT2D eigenvalue weighted by Crippen LogP contribution is 2.30. The van der Waals surface area contributed by atoms with Crippen molar-refractivity contribution >= 4 is 17.5 Å². The summed E-state index contributed by atoms with van der Waals surface area (Å²) in [6.07, 6.45) is 1.57. The van der Waals surface area contributed by atoms with Crippen molar-refractivity contribution in [2.24, 2.45) is 11.1 Å². The SMILES string of the molecule is CCN(O)C(=O)C1CC(C2CC(c3cc(C(=O)NCc4ccc(F)c(OC)c4)nc(C)n3)=NO2)CCN1. The molecule has 11 nitrogen and oxygen atoms in total. The van der Waals surface area contributed by atoms with Gasteiger partial charge in [0.1, 0.15) is 23.3 Å². The lowest BCUT2D eigenvalue weighted by Crippen LogP contribution is -2.51. The summed E-state index contributed by atoms with van der Waals surface area (Å²) in [5, 5.41) is 20.7. The van der Waals surface area contributed by atoms with Crippen molar-refractivity contribution in [2.45, 2.75) is 51.8 Å². The van der Waals surface area contributed by atoms with E-state index in [9.17, 15) is 19.2 Å². The van der Waals surface area contributed by atoms with Gasteiger partial charge in [-0.2, -0.15) is 0 Å². The van der Waals surface area contributed by atoms with Gasteiger partial charge in [-0.05, 0) is 57.0 Å². The number of methoxy groups -OCH3 is 1. The van der Waals surface area contributed by atoms with Crippen LogP contribution < -0.4 is 15.4 Å². The predicted octanol–water partition coefficient (Wildman–Crippen LogP) is 1.96. The third-order valence-electron chi connectivity index (χ3n) is 6.55. The molecule has 12 heteroatoms. The van der Waals surface area contributed by atoms with E-state index < -0.39 is 17.8 Å². The number of oxime groups is 1. The Hall–Kier alpha value is -3.64. The number of hydrogen-bond donors (Lipinski definition) is 3. The zero-order valence-corrected chi connectivity index (χ0v) is 21.0. The van der Waals surface area contributed by atoms with Crippen LogP contribution >= 0.6 is 0 Å². The van der Waals surface area contributed by atoms with Crippen LogP contribution in [0.25, 0.3) is 0 Å². The molecule has 2 amide bonds. The molecular formula is C25H31FN6O5. The number of carbonyl (C=O) groups is 2. The van der Waals surface area contributed by atoms with E-state index in [0.717, 1.165) is 11.5 Å². The summed E-state index contributed by atoms with van der Waals surface area (Å²) >= 11 is 0. The van der Waals surface area contributed by atoms with Crippen LogP contribution in [0.15, 0.2) is 29.4 Å². The zero-order chi connectivity index (χ0) is 26.5. The number of hydrogen-bond acceptors (Lipinski definition) is 9. The Morgan fingerprint density at radius 3 is 2.89 bits per heavy atom. The Morgan fingerprint density at radius 2 is 2.14 bits per heavy atom. The van der Waals surface area contributed by atoms with Crippen LogP contribution in [0, 0.1) is 18.7 Å². The molecule has 3 unspecified atom stereocenters. The first-order valence-corrected chi connectivity index (χ1v) is 12.2. The number of rotatable bonds is 8. The second kappa shape index (κ2) is 11.6. The van der Waals surface area contributed by atoms with E-state index in [2.05, 4.69) is 25.8 Å². The summed E-state index contributed by atoms with van der Waals surface area (Å²) in [4.78, 5) is 39.6. The molecule has 0 spiro atoms. The van der Waals surface area contributed by atoms with E-state index in [1.807, 2.05) is 0 Å². The van der Waals surface area contributed by atoms with Gasteiger partial charge in [-0.25, -0.2) is 19.4 Å². The number of aryl methyl sites for hydroxylation is 1. The van der Waals surface area contributed by atoms with Crippen LogP contribution in [0.5, 0.6) is 5.75 Å². The van der Waals surface area contributed by atoms with Gasteiger partial charge >= 0.3 is 0 Å². The number of nitrogens with one attached hydrogen (secondary N) is 2. The van der Waals surface area contributed by atoms with Crippen molar-refractivity contribution in [2.75, 3.05) is 20.2 Å². The molecule has 4 rings (SSSR count). The Bertz CT molecular complexity index is 1190. The number of carbonyl (C=O) groups excluding carboxylic acids is 2. The normalized spacial score (nSPS) is 21.1. The first-order chi connectivity index (χ1) is 17.8. The Morgan fingerprint density at radius 1 is 1.32 bits per heavy atom. The molecular weight excluding hydrogens is 483 g/mol. The van der Waals surface area contributed by atoms with Crippen molar-refractivity contribution in [3.8, 4) is 5.75 Å². The second-order valence-electron chi connectivity index (χ2n) is 9.07. The van der Waals surface area contributed by atoms with Gasteiger partial charge in [-0.3, -0.25) is 14.8 Å². The number of likely N-dealkylation sites (N-methyl/N-ethyl adjacent to an activating group) is 1. The van der Waals surface area contributed by atoms with Gasteiger partial charge in [0.2, 0.25) is 0 Å². The molecule has 0 saturated carbocycles. The molecule has 2 aliphatic heterocycles. The number of hydroxylamine groups is 2.